The van der Waals surface area contributed by atoms with E-state index in [0.717, 1.165) is 54.7 Å². The van der Waals surface area contributed by atoms with E-state index in [9.17, 15) is 0 Å². The number of hydrogen-bond donors (Lipinski definition) is 0. The van der Waals surface area contributed by atoms with Crippen molar-refractivity contribution in [1.29, 1.82) is 0 Å². The Labute approximate surface area is 170 Å². The molecule has 0 bridgehead atoms. The number of nitrogens with zero attached hydrogens (tertiary/aromatic N) is 4. The van der Waals surface area contributed by atoms with Gasteiger partial charge in [-0.05, 0) is 57.1 Å². The minimum Gasteiger partial charge on any atom is -0.474 e. The van der Waals surface area contributed by atoms with Gasteiger partial charge in [-0.15, -0.1) is 10.2 Å². The quantitative estimate of drug-likeness (QED) is 0.593. The molecule has 2 heterocycles. The van der Waals surface area contributed by atoms with E-state index < -0.39 is 0 Å². The van der Waals surface area contributed by atoms with Crippen molar-refractivity contribution in [1.82, 2.24) is 19.7 Å². The molecule has 146 valence electrons. The first-order valence-electron chi connectivity index (χ1n) is 9.82. The summed E-state index contributed by atoms with van der Waals surface area (Å²) >= 11 is 1.78. The normalized spacial score (nSPS) is 19.5. The Bertz CT molecular complexity index is 887. The third-order valence-electron chi connectivity index (χ3n) is 5.29. The lowest BCUT2D eigenvalue weighted by Crippen LogP contribution is -2.25. The highest BCUT2D eigenvalue weighted by molar-refractivity contribution is 7.97. The summed E-state index contributed by atoms with van der Waals surface area (Å²) in [5, 5.41) is 9.13. The molecule has 1 saturated carbocycles. The second-order valence-electron chi connectivity index (χ2n) is 7.34. The monoisotopic (exact) mass is 394 g/mol. The number of pyridine rings is 1. The van der Waals surface area contributed by atoms with Crippen molar-refractivity contribution in [3.8, 4) is 11.6 Å². The average molecular weight is 395 g/mol. The number of benzene rings is 1. The van der Waals surface area contributed by atoms with Crippen LogP contribution in [0.25, 0.3) is 5.69 Å². The van der Waals surface area contributed by atoms with Gasteiger partial charge >= 0.3 is 0 Å². The highest BCUT2D eigenvalue weighted by atomic mass is 32.2. The first kappa shape index (κ1) is 19.0. The molecular formula is C22H26N4OS. The molecule has 0 N–H and O–H groups in total. The van der Waals surface area contributed by atoms with Crippen LogP contribution in [0, 0.1) is 6.92 Å². The van der Waals surface area contributed by atoms with Gasteiger partial charge in [-0.3, -0.25) is 4.57 Å². The first-order valence-corrected chi connectivity index (χ1v) is 11.2. The summed E-state index contributed by atoms with van der Waals surface area (Å²) in [6.07, 6.45) is 8.25. The van der Waals surface area contributed by atoms with E-state index in [-0.39, 0.29) is 6.10 Å². The van der Waals surface area contributed by atoms with Gasteiger partial charge in [-0.25, -0.2) is 4.98 Å². The zero-order chi connectivity index (χ0) is 19.3. The van der Waals surface area contributed by atoms with E-state index >= 15 is 0 Å². The van der Waals surface area contributed by atoms with E-state index in [0.29, 0.717) is 5.92 Å². The molecule has 0 amide bonds. The number of thioether (sulfide) groups is 1. The zero-order valence-electron chi connectivity index (χ0n) is 16.4. The average Bonchev–Trinajstić information content (AvgIpc) is 3.14. The van der Waals surface area contributed by atoms with Crippen LogP contribution in [0.15, 0.2) is 48.7 Å². The summed E-state index contributed by atoms with van der Waals surface area (Å²) in [5.41, 5.74) is 2.42. The summed E-state index contributed by atoms with van der Waals surface area (Å²) in [5.74, 6) is 4.10. The van der Waals surface area contributed by atoms with Crippen molar-refractivity contribution in [2.45, 2.75) is 50.4 Å². The number of aryl methyl sites for hydroxylation is 1. The van der Waals surface area contributed by atoms with Crippen LogP contribution in [0.2, 0.25) is 0 Å². The molecule has 4 rings (SSSR count). The highest BCUT2D eigenvalue weighted by Gasteiger charge is 2.28. The fraction of sp³-hybridized carbons (Fsp3) is 0.409. The van der Waals surface area contributed by atoms with Crippen LogP contribution in [-0.4, -0.2) is 32.1 Å². The van der Waals surface area contributed by atoms with Gasteiger partial charge < -0.3 is 4.74 Å². The SMILES string of the molecule is CSCc1nnc(C2CCC(Oc3ccccn3)CC2)n1-c1ccc(C)cc1. The first-order chi connectivity index (χ1) is 13.7. The van der Waals surface area contributed by atoms with Crippen molar-refractivity contribution in [3.63, 3.8) is 0 Å². The van der Waals surface area contributed by atoms with Gasteiger partial charge in [0.2, 0.25) is 5.88 Å². The molecule has 0 unspecified atom stereocenters. The van der Waals surface area contributed by atoms with Gasteiger partial charge in [-0.1, -0.05) is 23.8 Å². The molecule has 1 aromatic carbocycles. The Morgan fingerprint density at radius 2 is 1.82 bits per heavy atom. The number of hydrogen-bond acceptors (Lipinski definition) is 5. The summed E-state index contributed by atoms with van der Waals surface area (Å²) in [6.45, 7) is 2.11. The van der Waals surface area contributed by atoms with Crippen LogP contribution in [0.3, 0.4) is 0 Å². The minimum atomic E-state index is 0.229. The van der Waals surface area contributed by atoms with E-state index in [1.165, 1.54) is 5.56 Å². The maximum Gasteiger partial charge on any atom is 0.213 e. The molecule has 6 heteroatoms. The lowest BCUT2D eigenvalue weighted by molar-refractivity contribution is 0.139. The van der Waals surface area contributed by atoms with Crippen molar-refractivity contribution >= 4 is 11.8 Å². The molecule has 1 aliphatic carbocycles. The zero-order valence-corrected chi connectivity index (χ0v) is 17.2. The molecule has 1 fully saturated rings. The van der Waals surface area contributed by atoms with Gasteiger partial charge in [0.05, 0.1) is 5.75 Å². The molecule has 0 spiro atoms. The van der Waals surface area contributed by atoms with Crippen LogP contribution >= 0.6 is 11.8 Å². The Balaban J connectivity index is 1.51. The van der Waals surface area contributed by atoms with Gasteiger partial charge in [0.25, 0.3) is 0 Å². The summed E-state index contributed by atoms with van der Waals surface area (Å²) < 4.78 is 8.32. The van der Waals surface area contributed by atoms with Gasteiger partial charge in [-0.2, -0.15) is 11.8 Å². The Morgan fingerprint density at radius 1 is 1.04 bits per heavy atom. The lowest BCUT2D eigenvalue weighted by atomic mass is 9.86. The van der Waals surface area contributed by atoms with Gasteiger partial charge in [0.1, 0.15) is 17.8 Å². The second kappa shape index (κ2) is 8.78. The van der Waals surface area contributed by atoms with E-state index in [1.54, 1.807) is 18.0 Å². The third-order valence-corrected chi connectivity index (χ3v) is 5.83. The van der Waals surface area contributed by atoms with E-state index in [4.69, 9.17) is 4.74 Å². The molecule has 1 aliphatic rings. The molecule has 0 saturated heterocycles. The van der Waals surface area contributed by atoms with Crippen LogP contribution < -0.4 is 4.74 Å². The van der Waals surface area contributed by atoms with Crippen LogP contribution in [-0.2, 0) is 5.75 Å². The molecular weight excluding hydrogens is 368 g/mol. The van der Waals surface area contributed by atoms with Crippen molar-refractivity contribution < 1.29 is 4.74 Å². The maximum atomic E-state index is 6.05. The molecule has 3 aromatic rings. The van der Waals surface area contributed by atoms with Crippen molar-refractivity contribution in [2.75, 3.05) is 6.26 Å². The fourth-order valence-corrected chi connectivity index (χ4v) is 4.26. The molecule has 2 aromatic heterocycles. The number of aromatic nitrogens is 4. The minimum absolute atomic E-state index is 0.229. The third kappa shape index (κ3) is 4.22. The summed E-state index contributed by atoms with van der Waals surface area (Å²) in [4.78, 5) is 4.28. The number of ether oxygens (including phenoxy) is 1. The van der Waals surface area contributed by atoms with Gasteiger partial charge in [0, 0.05) is 23.9 Å². The second-order valence-corrected chi connectivity index (χ2v) is 8.20. The Hall–Kier alpha value is -2.34. The molecule has 0 aliphatic heterocycles. The number of rotatable bonds is 6. The molecule has 5 nitrogen and oxygen atoms in total. The van der Waals surface area contributed by atoms with Crippen LogP contribution in [0.1, 0.15) is 48.8 Å². The Morgan fingerprint density at radius 3 is 2.50 bits per heavy atom. The maximum absolute atomic E-state index is 6.05. The summed E-state index contributed by atoms with van der Waals surface area (Å²) in [7, 11) is 0. The predicted molar refractivity (Wildman–Crippen MR) is 113 cm³/mol. The van der Waals surface area contributed by atoms with E-state index in [2.05, 4.69) is 57.2 Å². The summed E-state index contributed by atoms with van der Waals surface area (Å²) in [6, 6.07) is 14.4. The van der Waals surface area contributed by atoms with Crippen molar-refractivity contribution in [3.05, 3.63) is 65.9 Å². The molecule has 0 atom stereocenters. The lowest BCUT2D eigenvalue weighted by Gasteiger charge is -2.28. The Kier molecular flexibility index (Phi) is 5.95. The van der Waals surface area contributed by atoms with Gasteiger partial charge in [0.15, 0.2) is 0 Å². The van der Waals surface area contributed by atoms with E-state index in [1.807, 2.05) is 18.2 Å². The smallest absolute Gasteiger partial charge is 0.213 e. The van der Waals surface area contributed by atoms with Crippen LogP contribution in [0.4, 0.5) is 0 Å². The largest absolute Gasteiger partial charge is 0.474 e. The molecule has 0 radical (unpaired) electrons. The van der Waals surface area contributed by atoms with Crippen molar-refractivity contribution in [2.24, 2.45) is 0 Å². The standard InChI is InChI=1S/C22H26N4OS/c1-16-6-10-18(11-7-16)26-20(15-28-2)24-25-22(26)17-8-12-19(13-9-17)27-21-5-3-4-14-23-21/h3-7,10-11,14,17,19H,8-9,12-13,15H2,1-2H3. The topological polar surface area (TPSA) is 52.8 Å². The molecule has 28 heavy (non-hydrogen) atoms. The van der Waals surface area contributed by atoms with Crippen LogP contribution in [0.5, 0.6) is 5.88 Å². The predicted octanol–water partition coefficient (Wildman–Crippen LogP) is 4.94. The fourth-order valence-electron chi connectivity index (χ4n) is 3.82. The highest BCUT2D eigenvalue weighted by Crippen LogP contribution is 2.35.